The summed E-state index contributed by atoms with van der Waals surface area (Å²) in [6.07, 6.45) is 10.0. The third kappa shape index (κ3) is 4.65. The summed E-state index contributed by atoms with van der Waals surface area (Å²) in [7, 11) is 0. The topological polar surface area (TPSA) is 34.9 Å². The lowest BCUT2D eigenvalue weighted by Crippen LogP contribution is -2.23. The van der Waals surface area contributed by atoms with Crippen LogP contribution in [-0.4, -0.2) is 9.55 Å². The Kier molecular flexibility index (Phi) is 6.80. The molecule has 0 amide bonds. The molecule has 0 aliphatic carbocycles. The number of pyridine rings is 2. The van der Waals surface area contributed by atoms with Crippen molar-refractivity contribution >= 4 is 11.0 Å². The molecular formula is C24H30N2O. The minimum Gasteiger partial charge on any atom is -0.292 e. The molecule has 27 heavy (non-hydrogen) atoms. The van der Waals surface area contributed by atoms with E-state index in [0.717, 1.165) is 48.0 Å². The predicted molar refractivity (Wildman–Crippen MR) is 114 cm³/mol. The van der Waals surface area contributed by atoms with Gasteiger partial charge in [-0.15, -0.1) is 0 Å². The number of aryl methyl sites for hydroxylation is 2. The average molecular weight is 363 g/mol. The molecule has 0 fully saturated rings. The molecule has 2 aromatic heterocycles. The molecule has 3 aromatic rings. The predicted octanol–water partition coefficient (Wildman–Crippen LogP) is 5.99. The maximum atomic E-state index is 13.3. The van der Waals surface area contributed by atoms with E-state index in [1.807, 2.05) is 34.9 Å². The molecule has 3 rings (SSSR count). The van der Waals surface area contributed by atoms with Crippen LogP contribution in [0.5, 0.6) is 0 Å². The molecule has 142 valence electrons. The van der Waals surface area contributed by atoms with Gasteiger partial charge < -0.3 is 0 Å². The van der Waals surface area contributed by atoms with E-state index in [1.54, 1.807) is 6.20 Å². The van der Waals surface area contributed by atoms with Gasteiger partial charge in [-0.3, -0.25) is 9.36 Å². The fourth-order valence-corrected chi connectivity index (χ4v) is 3.63. The Morgan fingerprint density at radius 2 is 1.74 bits per heavy atom. The highest BCUT2D eigenvalue weighted by atomic mass is 16.1. The van der Waals surface area contributed by atoms with E-state index in [2.05, 4.69) is 31.0 Å². The second-order valence-electron chi connectivity index (χ2n) is 7.25. The van der Waals surface area contributed by atoms with E-state index in [0.29, 0.717) is 0 Å². The Morgan fingerprint density at radius 3 is 2.56 bits per heavy atom. The normalized spacial score (nSPS) is 11.2. The highest BCUT2D eigenvalue weighted by Gasteiger charge is 2.12. The van der Waals surface area contributed by atoms with Crippen molar-refractivity contribution in [2.24, 2.45) is 0 Å². The van der Waals surface area contributed by atoms with Crippen molar-refractivity contribution in [3.63, 3.8) is 0 Å². The maximum absolute atomic E-state index is 13.3. The van der Waals surface area contributed by atoms with Gasteiger partial charge in [0, 0.05) is 23.7 Å². The lowest BCUT2D eigenvalue weighted by Gasteiger charge is -2.13. The number of nitrogens with zero attached hydrogens (tertiary/aromatic N) is 2. The summed E-state index contributed by atoms with van der Waals surface area (Å²) >= 11 is 0. The zero-order valence-electron chi connectivity index (χ0n) is 16.6. The van der Waals surface area contributed by atoms with Crippen LogP contribution in [0, 0.1) is 0 Å². The molecule has 0 radical (unpaired) electrons. The van der Waals surface area contributed by atoms with Crippen LogP contribution in [0.2, 0.25) is 0 Å². The highest BCUT2D eigenvalue weighted by molar-refractivity contribution is 5.81. The Labute approximate surface area is 162 Å². The second-order valence-corrected chi connectivity index (χ2v) is 7.25. The molecular weight excluding hydrogens is 332 g/mol. The van der Waals surface area contributed by atoms with Crippen LogP contribution in [0.4, 0.5) is 0 Å². The van der Waals surface area contributed by atoms with E-state index in [1.165, 1.54) is 31.2 Å². The Morgan fingerprint density at radius 1 is 0.926 bits per heavy atom. The summed E-state index contributed by atoms with van der Waals surface area (Å²) in [6, 6.07) is 14.3. The average Bonchev–Trinajstić information content (AvgIpc) is 2.71. The van der Waals surface area contributed by atoms with Gasteiger partial charge in [0.1, 0.15) is 5.65 Å². The van der Waals surface area contributed by atoms with Crippen LogP contribution in [0.15, 0.2) is 53.5 Å². The van der Waals surface area contributed by atoms with Crippen LogP contribution in [0.3, 0.4) is 0 Å². The molecule has 0 saturated heterocycles. The molecule has 0 aliphatic heterocycles. The SMILES string of the molecule is CCCCCCCCn1c(=O)c(-c2cccc(CC)c2)cc2cccnc21. The molecule has 0 spiro atoms. The van der Waals surface area contributed by atoms with Crippen LogP contribution in [0.1, 0.15) is 57.9 Å². The van der Waals surface area contributed by atoms with Gasteiger partial charge in [-0.05, 0) is 42.2 Å². The fourth-order valence-electron chi connectivity index (χ4n) is 3.63. The monoisotopic (exact) mass is 362 g/mol. The lowest BCUT2D eigenvalue weighted by atomic mass is 10.0. The summed E-state index contributed by atoms with van der Waals surface area (Å²) in [5, 5.41) is 1.03. The number of rotatable bonds is 9. The van der Waals surface area contributed by atoms with E-state index in [9.17, 15) is 4.79 Å². The molecule has 0 bridgehead atoms. The van der Waals surface area contributed by atoms with Crippen molar-refractivity contribution in [1.82, 2.24) is 9.55 Å². The van der Waals surface area contributed by atoms with Crippen molar-refractivity contribution < 1.29 is 0 Å². The molecule has 2 heterocycles. The third-order valence-corrected chi connectivity index (χ3v) is 5.23. The first-order valence-corrected chi connectivity index (χ1v) is 10.3. The van der Waals surface area contributed by atoms with Gasteiger partial charge in [0.05, 0.1) is 0 Å². The standard InChI is InChI=1S/C24H30N2O/c1-3-5-6-7-8-9-16-26-23-21(14-11-15-25-23)18-22(24(26)27)20-13-10-12-19(4-2)17-20/h10-15,17-18H,3-9,16H2,1-2H3. The number of aromatic nitrogens is 2. The van der Waals surface area contributed by atoms with Gasteiger partial charge in [-0.1, -0.05) is 70.2 Å². The molecule has 3 heteroatoms. The van der Waals surface area contributed by atoms with Gasteiger partial charge in [0.15, 0.2) is 0 Å². The molecule has 0 saturated carbocycles. The number of unbranched alkanes of at least 4 members (excludes halogenated alkanes) is 5. The van der Waals surface area contributed by atoms with E-state index < -0.39 is 0 Å². The minimum absolute atomic E-state index is 0.0722. The zero-order chi connectivity index (χ0) is 19.1. The van der Waals surface area contributed by atoms with E-state index in [4.69, 9.17) is 0 Å². The number of benzene rings is 1. The van der Waals surface area contributed by atoms with E-state index >= 15 is 0 Å². The number of fused-ring (bicyclic) bond motifs is 1. The van der Waals surface area contributed by atoms with Crippen molar-refractivity contribution in [1.29, 1.82) is 0 Å². The zero-order valence-corrected chi connectivity index (χ0v) is 16.6. The van der Waals surface area contributed by atoms with Crippen molar-refractivity contribution in [2.75, 3.05) is 0 Å². The van der Waals surface area contributed by atoms with Gasteiger partial charge >= 0.3 is 0 Å². The largest absolute Gasteiger partial charge is 0.292 e. The molecule has 0 atom stereocenters. The van der Waals surface area contributed by atoms with Gasteiger partial charge in [0.25, 0.3) is 5.56 Å². The number of hydrogen-bond donors (Lipinski definition) is 0. The molecule has 0 N–H and O–H groups in total. The highest BCUT2D eigenvalue weighted by Crippen LogP contribution is 2.22. The molecule has 0 aliphatic rings. The minimum atomic E-state index is 0.0722. The van der Waals surface area contributed by atoms with Crippen LogP contribution in [-0.2, 0) is 13.0 Å². The third-order valence-electron chi connectivity index (χ3n) is 5.23. The Hall–Kier alpha value is -2.42. The van der Waals surface area contributed by atoms with Gasteiger partial charge in [-0.2, -0.15) is 0 Å². The fraction of sp³-hybridized carbons (Fsp3) is 0.417. The Bertz CT molecular complexity index is 943. The first-order valence-electron chi connectivity index (χ1n) is 10.3. The molecule has 3 nitrogen and oxygen atoms in total. The second kappa shape index (κ2) is 9.50. The number of hydrogen-bond acceptors (Lipinski definition) is 2. The smallest absolute Gasteiger partial charge is 0.260 e. The van der Waals surface area contributed by atoms with Gasteiger partial charge in [0.2, 0.25) is 0 Å². The summed E-state index contributed by atoms with van der Waals surface area (Å²) in [5.74, 6) is 0. The van der Waals surface area contributed by atoms with Crippen LogP contribution < -0.4 is 5.56 Å². The van der Waals surface area contributed by atoms with Crippen molar-refractivity contribution in [3.8, 4) is 11.1 Å². The van der Waals surface area contributed by atoms with Crippen LogP contribution in [0.25, 0.3) is 22.2 Å². The lowest BCUT2D eigenvalue weighted by molar-refractivity contribution is 0.557. The maximum Gasteiger partial charge on any atom is 0.260 e. The van der Waals surface area contributed by atoms with Crippen molar-refractivity contribution in [2.45, 2.75) is 65.3 Å². The quantitative estimate of drug-likeness (QED) is 0.438. The molecule has 1 aromatic carbocycles. The summed E-state index contributed by atoms with van der Waals surface area (Å²) in [5.41, 5.74) is 3.90. The first-order chi connectivity index (χ1) is 13.2. The first kappa shape index (κ1) is 19.3. The van der Waals surface area contributed by atoms with Gasteiger partial charge in [-0.25, -0.2) is 4.98 Å². The van der Waals surface area contributed by atoms with Crippen LogP contribution >= 0.6 is 0 Å². The summed E-state index contributed by atoms with van der Waals surface area (Å²) in [4.78, 5) is 17.8. The van der Waals surface area contributed by atoms with Crippen molar-refractivity contribution in [3.05, 3.63) is 64.6 Å². The van der Waals surface area contributed by atoms with E-state index in [-0.39, 0.29) is 5.56 Å². The summed E-state index contributed by atoms with van der Waals surface area (Å²) in [6.45, 7) is 5.11. The Balaban J connectivity index is 1.94. The molecule has 0 unspecified atom stereocenters. The summed E-state index contributed by atoms with van der Waals surface area (Å²) < 4.78 is 1.88.